The second kappa shape index (κ2) is 6.91. The topological polar surface area (TPSA) is 12.0 Å². The number of halogens is 3. The van der Waals surface area contributed by atoms with Crippen molar-refractivity contribution in [3.8, 4) is 0 Å². The summed E-state index contributed by atoms with van der Waals surface area (Å²) in [6, 6.07) is 8.86. The van der Waals surface area contributed by atoms with Crippen LogP contribution in [0.15, 0.2) is 34.8 Å². The first-order valence-electron chi connectivity index (χ1n) is 6.89. The summed E-state index contributed by atoms with van der Waals surface area (Å²) in [6.07, 6.45) is 0. The van der Waals surface area contributed by atoms with Crippen molar-refractivity contribution in [3.05, 3.63) is 67.9 Å². The van der Waals surface area contributed by atoms with E-state index in [4.69, 9.17) is 11.6 Å². The quantitative estimate of drug-likeness (QED) is 0.743. The highest BCUT2D eigenvalue weighted by Crippen LogP contribution is 2.34. The lowest BCUT2D eigenvalue weighted by Crippen LogP contribution is -2.24. The Balaban J connectivity index is 2.61. The van der Waals surface area contributed by atoms with E-state index in [9.17, 15) is 4.39 Å². The fourth-order valence-electron chi connectivity index (χ4n) is 2.68. The second-order valence-electron chi connectivity index (χ2n) is 5.11. The van der Waals surface area contributed by atoms with E-state index in [1.165, 1.54) is 0 Å². The maximum atomic E-state index is 13.6. The standard InChI is InChI=1S/C17H18BrClFN/c1-4-21-17(14-9-12(19)5-6-15(14)18)16-10(2)7-13(20)8-11(16)3/h5-9,17,21H,4H2,1-3H3. The molecule has 1 nitrogen and oxygen atoms in total. The monoisotopic (exact) mass is 369 g/mol. The van der Waals surface area contributed by atoms with Crippen LogP contribution in [-0.2, 0) is 0 Å². The molecular formula is C17H18BrClFN. The fourth-order valence-corrected chi connectivity index (χ4v) is 3.34. The highest BCUT2D eigenvalue weighted by molar-refractivity contribution is 9.10. The SMILES string of the molecule is CCNC(c1cc(Cl)ccc1Br)c1c(C)cc(F)cc1C. The minimum absolute atomic E-state index is 0.0244. The molecule has 0 saturated carbocycles. The Morgan fingerprint density at radius 1 is 1.19 bits per heavy atom. The van der Waals surface area contributed by atoms with Crippen LogP contribution in [-0.4, -0.2) is 6.54 Å². The smallest absolute Gasteiger partial charge is 0.123 e. The van der Waals surface area contributed by atoms with Crippen LogP contribution in [0, 0.1) is 19.7 Å². The van der Waals surface area contributed by atoms with Gasteiger partial charge < -0.3 is 5.32 Å². The Hall–Kier alpha value is -0.900. The van der Waals surface area contributed by atoms with Crippen LogP contribution < -0.4 is 5.32 Å². The van der Waals surface area contributed by atoms with Crippen molar-refractivity contribution in [2.45, 2.75) is 26.8 Å². The zero-order valence-electron chi connectivity index (χ0n) is 12.3. The van der Waals surface area contributed by atoms with Gasteiger partial charge in [0.1, 0.15) is 5.82 Å². The van der Waals surface area contributed by atoms with Crippen LogP contribution in [0.25, 0.3) is 0 Å². The molecule has 2 aromatic rings. The summed E-state index contributed by atoms with van der Waals surface area (Å²) in [6.45, 7) is 6.74. The molecular weight excluding hydrogens is 353 g/mol. The summed E-state index contributed by atoms with van der Waals surface area (Å²) < 4.78 is 14.5. The lowest BCUT2D eigenvalue weighted by atomic mass is 9.91. The van der Waals surface area contributed by atoms with E-state index in [0.717, 1.165) is 33.3 Å². The Labute approximate surface area is 138 Å². The summed E-state index contributed by atoms with van der Waals surface area (Å²) in [5.41, 5.74) is 4.03. The van der Waals surface area contributed by atoms with Crippen molar-refractivity contribution in [1.82, 2.24) is 5.32 Å². The van der Waals surface area contributed by atoms with Gasteiger partial charge in [-0.1, -0.05) is 34.5 Å². The molecule has 0 spiro atoms. The molecule has 112 valence electrons. The molecule has 0 aromatic heterocycles. The Bertz CT molecular complexity index is 634. The van der Waals surface area contributed by atoms with Gasteiger partial charge in [-0.25, -0.2) is 4.39 Å². The van der Waals surface area contributed by atoms with Crippen LogP contribution in [0.5, 0.6) is 0 Å². The molecule has 0 amide bonds. The molecule has 2 aromatic carbocycles. The molecule has 0 heterocycles. The summed E-state index contributed by atoms with van der Waals surface area (Å²) in [5, 5.41) is 4.16. The van der Waals surface area contributed by atoms with Crippen molar-refractivity contribution < 1.29 is 4.39 Å². The molecule has 0 saturated heterocycles. The van der Waals surface area contributed by atoms with Gasteiger partial charge in [-0.3, -0.25) is 0 Å². The molecule has 21 heavy (non-hydrogen) atoms. The third-order valence-corrected chi connectivity index (χ3v) is 4.48. The van der Waals surface area contributed by atoms with Crippen molar-refractivity contribution in [1.29, 1.82) is 0 Å². The molecule has 0 aliphatic rings. The predicted molar refractivity (Wildman–Crippen MR) is 90.5 cm³/mol. The highest BCUT2D eigenvalue weighted by atomic mass is 79.9. The van der Waals surface area contributed by atoms with Crippen molar-refractivity contribution in [2.24, 2.45) is 0 Å². The largest absolute Gasteiger partial charge is 0.306 e. The summed E-state index contributed by atoms with van der Waals surface area (Å²) >= 11 is 9.73. The maximum absolute atomic E-state index is 13.6. The molecule has 0 radical (unpaired) electrons. The van der Waals surface area contributed by atoms with Crippen LogP contribution in [0.1, 0.15) is 35.2 Å². The van der Waals surface area contributed by atoms with E-state index in [1.807, 2.05) is 32.0 Å². The van der Waals surface area contributed by atoms with E-state index in [2.05, 4.69) is 28.2 Å². The molecule has 1 atom stereocenters. The molecule has 4 heteroatoms. The number of nitrogens with one attached hydrogen (secondary N) is 1. The van der Waals surface area contributed by atoms with Gasteiger partial charge in [0, 0.05) is 9.50 Å². The maximum Gasteiger partial charge on any atom is 0.123 e. The van der Waals surface area contributed by atoms with Gasteiger partial charge in [-0.2, -0.15) is 0 Å². The second-order valence-corrected chi connectivity index (χ2v) is 6.40. The van der Waals surface area contributed by atoms with Gasteiger partial charge in [-0.05, 0) is 73.0 Å². The van der Waals surface area contributed by atoms with Crippen LogP contribution in [0.2, 0.25) is 5.02 Å². The van der Waals surface area contributed by atoms with Crippen LogP contribution in [0.3, 0.4) is 0 Å². The van der Waals surface area contributed by atoms with E-state index in [-0.39, 0.29) is 11.9 Å². The van der Waals surface area contributed by atoms with Crippen molar-refractivity contribution in [3.63, 3.8) is 0 Å². The lowest BCUT2D eigenvalue weighted by molar-refractivity contribution is 0.605. The van der Waals surface area contributed by atoms with Gasteiger partial charge in [0.25, 0.3) is 0 Å². The number of hydrogen-bond donors (Lipinski definition) is 1. The van der Waals surface area contributed by atoms with Crippen LogP contribution in [0.4, 0.5) is 4.39 Å². The Morgan fingerprint density at radius 2 is 1.81 bits per heavy atom. The van der Waals surface area contributed by atoms with Gasteiger partial charge in [0.15, 0.2) is 0 Å². The summed E-state index contributed by atoms with van der Waals surface area (Å²) in [5.74, 6) is -0.200. The van der Waals surface area contributed by atoms with E-state index in [0.29, 0.717) is 5.02 Å². The van der Waals surface area contributed by atoms with E-state index >= 15 is 0 Å². The third kappa shape index (κ3) is 3.65. The fraction of sp³-hybridized carbons (Fsp3) is 0.294. The minimum Gasteiger partial charge on any atom is -0.306 e. The number of benzene rings is 2. The molecule has 1 N–H and O–H groups in total. The van der Waals surface area contributed by atoms with E-state index < -0.39 is 0 Å². The van der Waals surface area contributed by atoms with Crippen LogP contribution >= 0.6 is 27.5 Å². The first-order chi connectivity index (χ1) is 9.93. The van der Waals surface area contributed by atoms with Crippen molar-refractivity contribution in [2.75, 3.05) is 6.54 Å². The average Bonchev–Trinajstić information content (AvgIpc) is 2.39. The normalized spacial score (nSPS) is 12.5. The van der Waals surface area contributed by atoms with E-state index in [1.54, 1.807) is 12.1 Å². The highest BCUT2D eigenvalue weighted by Gasteiger charge is 2.20. The zero-order chi connectivity index (χ0) is 15.6. The summed E-state index contributed by atoms with van der Waals surface area (Å²) in [7, 11) is 0. The molecule has 2 rings (SSSR count). The lowest BCUT2D eigenvalue weighted by Gasteiger charge is -2.24. The molecule has 1 unspecified atom stereocenters. The number of aryl methyl sites for hydroxylation is 2. The molecule has 0 aliphatic carbocycles. The first kappa shape index (κ1) is 16.5. The average molecular weight is 371 g/mol. The molecule has 0 bridgehead atoms. The summed E-state index contributed by atoms with van der Waals surface area (Å²) in [4.78, 5) is 0. The van der Waals surface area contributed by atoms with Gasteiger partial charge in [0.05, 0.1) is 6.04 Å². The number of rotatable bonds is 4. The van der Waals surface area contributed by atoms with Gasteiger partial charge >= 0.3 is 0 Å². The Kier molecular flexibility index (Phi) is 5.42. The minimum atomic E-state index is -0.200. The number of hydrogen-bond acceptors (Lipinski definition) is 1. The third-order valence-electron chi connectivity index (χ3n) is 3.52. The van der Waals surface area contributed by atoms with Crippen molar-refractivity contribution >= 4 is 27.5 Å². The Morgan fingerprint density at radius 3 is 2.38 bits per heavy atom. The predicted octanol–water partition coefficient (Wildman–Crippen LogP) is 5.56. The molecule has 0 fully saturated rings. The zero-order valence-corrected chi connectivity index (χ0v) is 14.6. The first-order valence-corrected chi connectivity index (χ1v) is 8.06. The van der Waals surface area contributed by atoms with Gasteiger partial charge in [-0.15, -0.1) is 0 Å². The molecule has 0 aliphatic heterocycles. The van der Waals surface area contributed by atoms with Gasteiger partial charge in [0.2, 0.25) is 0 Å².